The Hall–Kier alpha value is -1.72. The topological polar surface area (TPSA) is 66.1 Å². The molecule has 1 saturated carbocycles. The molecule has 114 valence electrons. The van der Waals surface area contributed by atoms with Gasteiger partial charge in [0.15, 0.2) is 0 Å². The van der Waals surface area contributed by atoms with Gasteiger partial charge in [-0.15, -0.1) is 0 Å². The summed E-state index contributed by atoms with van der Waals surface area (Å²) in [6, 6.07) is -0.218. The van der Waals surface area contributed by atoms with Crippen molar-refractivity contribution >= 4 is 5.91 Å². The minimum Gasteiger partial charge on any atom is -0.332 e. The fraction of sp³-hybridized carbons (Fsp3) is 0.667. The zero-order valence-electron chi connectivity index (χ0n) is 12.2. The van der Waals surface area contributed by atoms with Crippen molar-refractivity contribution in [1.29, 1.82) is 0 Å². The van der Waals surface area contributed by atoms with Crippen LogP contribution in [0.1, 0.15) is 56.1 Å². The first kappa shape index (κ1) is 14.2. The monoisotopic (exact) mass is 293 g/mol. The van der Waals surface area contributed by atoms with Crippen LogP contribution in [-0.4, -0.2) is 27.3 Å². The first-order valence-electron chi connectivity index (χ1n) is 7.64. The van der Waals surface area contributed by atoms with Crippen LogP contribution in [0.3, 0.4) is 0 Å². The van der Waals surface area contributed by atoms with Crippen molar-refractivity contribution in [3.63, 3.8) is 0 Å². The molecule has 1 saturated heterocycles. The Morgan fingerprint density at radius 3 is 2.67 bits per heavy atom. The Labute approximate surface area is 122 Å². The fourth-order valence-electron chi connectivity index (χ4n) is 3.47. The lowest BCUT2D eigenvalue weighted by Crippen LogP contribution is -2.36. The molecule has 1 N–H and O–H groups in total. The predicted molar refractivity (Wildman–Crippen MR) is 75.2 cm³/mol. The van der Waals surface area contributed by atoms with Gasteiger partial charge >= 0.3 is 0 Å². The molecule has 1 atom stereocenters. The van der Waals surface area contributed by atoms with Crippen LogP contribution in [0.4, 0.5) is 4.39 Å². The molecule has 2 fully saturated rings. The summed E-state index contributed by atoms with van der Waals surface area (Å²) in [6.07, 6.45) is 5.79. The first-order chi connectivity index (χ1) is 10.1. The molecule has 0 bridgehead atoms. The SMILES string of the molecule is Cc1nc(C2CCCN2C(=O)C2CCCC2)[nH]c(=O)c1F. The highest BCUT2D eigenvalue weighted by Crippen LogP contribution is 2.34. The van der Waals surface area contributed by atoms with E-state index in [1.807, 2.05) is 4.90 Å². The van der Waals surface area contributed by atoms with E-state index in [1.165, 1.54) is 6.92 Å². The Kier molecular flexibility index (Phi) is 3.78. The second-order valence-corrected chi connectivity index (χ2v) is 6.02. The lowest BCUT2D eigenvalue weighted by Gasteiger charge is -2.26. The van der Waals surface area contributed by atoms with Crippen LogP contribution in [0.2, 0.25) is 0 Å². The van der Waals surface area contributed by atoms with Gasteiger partial charge in [0.25, 0.3) is 5.56 Å². The maximum absolute atomic E-state index is 13.4. The molecule has 6 heteroatoms. The number of nitrogens with zero attached hydrogens (tertiary/aromatic N) is 2. The van der Waals surface area contributed by atoms with E-state index in [0.29, 0.717) is 12.4 Å². The Balaban J connectivity index is 1.87. The molecule has 0 aromatic carbocycles. The predicted octanol–water partition coefficient (Wildman–Crippen LogP) is 2.07. The number of halogens is 1. The van der Waals surface area contributed by atoms with E-state index in [9.17, 15) is 14.0 Å². The zero-order chi connectivity index (χ0) is 15.0. The number of hydrogen-bond donors (Lipinski definition) is 1. The number of carbonyl (C=O) groups is 1. The number of aromatic amines is 1. The summed E-state index contributed by atoms with van der Waals surface area (Å²) in [5.41, 5.74) is -0.661. The van der Waals surface area contributed by atoms with Crippen molar-refractivity contribution in [2.24, 2.45) is 5.92 Å². The Bertz CT molecular complexity index is 607. The standard InChI is InChI=1S/C15H20FN3O2/c1-9-12(16)14(20)18-13(17-9)11-7-4-8-19(11)15(21)10-5-2-3-6-10/h10-11H,2-8H2,1H3,(H,17,18,20). The number of hydrogen-bond acceptors (Lipinski definition) is 3. The van der Waals surface area contributed by atoms with Crippen LogP contribution in [0.15, 0.2) is 4.79 Å². The number of carbonyl (C=O) groups excluding carboxylic acids is 1. The van der Waals surface area contributed by atoms with Crippen LogP contribution in [0, 0.1) is 18.7 Å². The number of aryl methyl sites for hydroxylation is 1. The van der Waals surface area contributed by atoms with E-state index < -0.39 is 11.4 Å². The molecule has 5 nitrogen and oxygen atoms in total. The van der Waals surface area contributed by atoms with Crippen LogP contribution in [0.25, 0.3) is 0 Å². The molecule has 0 spiro atoms. The summed E-state index contributed by atoms with van der Waals surface area (Å²) in [5, 5.41) is 0. The molecule has 1 aromatic heterocycles. The van der Waals surface area contributed by atoms with Crippen LogP contribution in [-0.2, 0) is 4.79 Å². The smallest absolute Gasteiger partial charge is 0.287 e. The molecule has 1 aliphatic carbocycles. The average Bonchev–Trinajstić information content (AvgIpc) is 3.14. The van der Waals surface area contributed by atoms with Gasteiger partial charge in [0, 0.05) is 12.5 Å². The number of likely N-dealkylation sites (tertiary alicyclic amines) is 1. The van der Waals surface area contributed by atoms with Crippen molar-refractivity contribution in [3.8, 4) is 0 Å². The van der Waals surface area contributed by atoms with Gasteiger partial charge < -0.3 is 9.88 Å². The first-order valence-corrected chi connectivity index (χ1v) is 7.64. The molecule has 1 aliphatic heterocycles. The molecule has 1 aromatic rings. The maximum Gasteiger partial charge on any atom is 0.287 e. The highest BCUT2D eigenvalue weighted by Gasteiger charge is 2.36. The van der Waals surface area contributed by atoms with E-state index in [1.54, 1.807) is 0 Å². The molecule has 1 amide bonds. The van der Waals surface area contributed by atoms with Crippen LogP contribution < -0.4 is 5.56 Å². The molecular weight excluding hydrogens is 273 g/mol. The second-order valence-electron chi connectivity index (χ2n) is 6.02. The van der Waals surface area contributed by atoms with E-state index in [0.717, 1.165) is 38.5 Å². The number of nitrogens with one attached hydrogen (secondary N) is 1. The van der Waals surface area contributed by atoms with Gasteiger partial charge in [0.1, 0.15) is 5.82 Å². The average molecular weight is 293 g/mol. The summed E-state index contributed by atoms with van der Waals surface area (Å²) in [5.74, 6) is -0.147. The minimum atomic E-state index is -0.842. The minimum absolute atomic E-state index is 0.0916. The summed E-state index contributed by atoms with van der Waals surface area (Å²) >= 11 is 0. The normalized spacial score (nSPS) is 23.0. The van der Waals surface area contributed by atoms with Crippen molar-refractivity contribution in [3.05, 3.63) is 27.7 Å². The van der Waals surface area contributed by atoms with Gasteiger partial charge in [-0.1, -0.05) is 12.8 Å². The molecule has 3 rings (SSSR count). The quantitative estimate of drug-likeness (QED) is 0.907. The van der Waals surface area contributed by atoms with Crippen molar-refractivity contribution in [2.75, 3.05) is 6.54 Å². The molecule has 1 unspecified atom stereocenters. The van der Waals surface area contributed by atoms with E-state index >= 15 is 0 Å². The lowest BCUT2D eigenvalue weighted by molar-refractivity contribution is -0.136. The van der Waals surface area contributed by atoms with Gasteiger partial charge in [0.2, 0.25) is 11.7 Å². The van der Waals surface area contributed by atoms with Gasteiger partial charge in [-0.05, 0) is 32.6 Å². The number of H-pyrrole nitrogens is 1. The number of amides is 1. The lowest BCUT2D eigenvalue weighted by atomic mass is 10.1. The summed E-state index contributed by atoms with van der Waals surface area (Å²) in [4.78, 5) is 32.6. The zero-order valence-corrected chi connectivity index (χ0v) is 12.2. The summed E-state index contributed by atoms with van der Waals surface area (Å²) < 4.78 is 13.4. The third kappa shape index (κ3) is 2.59. The molecule has 0 radical (unpaired) electrons. The molecule has 2 aliphatic rings. The highest BCUT2D eigenvalue weighted by molar-refractivity contribution is 5.79. The van der Waals surface area contributed by atoms with Gasteiger partial charge in [-0.2, -0.15) is 4.39 Å². The highest BCUT2D eigenvalue weighted by atomic mass is 19.1. The van der Waals surface area contributed by atoms with E-state index in [-0.39, 0.29) is 23.6 Å². The van der Waals surface area contributed by atoms with Crippen LogP contribution in [0.5, 0.6) is 0 Å². The van der Waals surface area contributed by atoms with Gasteiger partial charge in [-0.3, -0.25) is 9.59 Å². The van der Waals surface area contributed by atoms with E-state index in [2.05, 4.69) is 9.97 Å². The van der Waals surface area contributed by atoms with Gasteiger partial charge in [-0.25, -0.2) is 4.98 Å². The number of aromatic nitrogens is 2. The number of rotatable bonds is 2. The van der Waals surface area contributed by atoms with Crippen molar-refractivity contribution in [1.82, 2.24) is 14.9 Å². The maximum atomic E-state index is 13.4. The van der Waals surface area contributed by atoms with Crippen molar-refractivity contribution in [2.45, 2.75) is 51.5 Å². The molecular formula is C15H20FN3O2. The van der Waals surface area contributed by atoms with Crippen molar-refractivity contribution < 1.29 is 9.18 Å². The van der Waals surface area contributed by atoms with E-state index in [4.69, 9.17) is 0 Å². The molecule has 21 heavy (non-hydrogen) atoms. The largest absolute Gasteiger partial charge is 0.332 e. The summed E-state index contributed by atoms with van der Waals surface area (Å²) in [7, 11) is 0. The Morgan fingerprint density at radius 2 is 2.00 bits per heavy atom. The Morgan fingerprint density at radius 1 is 1.29 bits per heavy atom. The second kappa shape index (κ2) is 5.58. The summed E-state index contributed by atoms with van der Waals surface area (Å²) in [6.45, 7) is 2.17. The fourth-order valence-corrected chi connectivity index (χ4v) is 3.47. The molecule has 2 heterocycles. The third-order valence-corrected chi connectivity index (χ3v) is 4.60. The van der Waals surface area contributed by atoms with Crippen LogP contribution >= 0.6 is 0 Å². The third-order valence-electron chi connectivity index (χ3n) is 4.60. The van der Waals surface area contributed by atoms with Gasteiger partial charge in [0.05, 0.1) is 11.7 Å².